The monoisotopic (exact) mass is 333 g/mol. The molecule has 130 valence electrons. The Labute approximate surface area is 141 Å². The van der Waals surface area contributed by atoms with E-state index >= 15 is 0 Å². The zero-order valence-corrected chi connectivity index (χ0v) is 14.3. The zero-order chi connectivity index (χ0) is 17.5. The molecule has 0 aliphatic carbocycles. The van der Waals surface area contributed by atoms with Crippen LogP contribution in [0.25, 0.3) is 0 Å². The van der Waals surface area contributed by atoms with E-state index < -0.39 is 5.60 Å². The molecular weight excluding hydrogens is 310 g/mol. The molecule has 0 N–H and O–H groups in total. The summed E-state index contributed by atoms with van der Waals surface area (Å²) in [5, 5.41) is 10.7. The van der Waals surface area contributed by atoms with Crippen LogP contribution < -0.4 is 4.90 Å². The van der Waals surface area contributed by atoms with Crippen LogP contribution in [0.3, 0.4) is 0 Å². The first kappa shape index (κ1) is 16.5. The number of hydrogen-bond acceptors (Lipinski definition) is 5. The molecule has 1 amide bonds. The molecule has 7 nitrogen and oxygen atoms in total. The standard InChI is InChI=1S/C17H23N3O4/c1-17(2,3)24-16(21)19-10-12-8-18(9-13(12)11-19)14-4-6-15(7-5-14)20(22)23/h4-7,12-13H,8-11H2,1-3H3/t12-,13-/m1/s1. The van der Waals surface area contributed by atoms with Crippen LogP contribution >= 0.6 is 0 Å². The van der Waals surface area contributed by atoms with Crippen LogP contribution in [0.2, 0.25) is 0 Å². The molecule has 3 rings (SSSR count). The van der Waals surface area contributed by atoms with Crippen molar-refractivity contribution < 1.29 is 14.5 Å². The number of nitrogens with zero attached hydrogens (tertiary/aromatic N) is 3. The minimum absolute atomic E-state index is 0.106. The van der Waals surface area contributed by atoms with Crippen molar-refractivity contribution in [1.82, 2.24) is 4.90 Å². The van der Waals surface area contributed by atoms with Crippen molar-refractivity contribution in [2.24, 2.45) is 11.8 Å². The van der Waals surface area contributed by atoms with Gasteiger partial charge in [0.15, 0.2) is 0 Å². The van der Waals surface area contributed by atoms with Crippen molar-refractivity contribution in [2.75, 3.05) is 31.1 Å². The lowest BCUT2D eigenvalue weighted by molar-refractivity contribution is -0.384. The molecule has 1 aromatic rings. The average molecular weight is 333 g/mol. The van der Waals surface area contributed by atoms with Gasteiger partial charge < -0.3 is 14.5 Å². The van der Waals surface area contributed by atoms with Crippen molar-refractivity contribution in [3.63, 3.8) is 0 Å². The molecule has 0 radical (unpaired) electrons. The van der Waals surface area contributed by atoms with Crippen LogP contribution in [-0.4, -0.2) is 47.7 Å². The molecule has 0 saturated carbocycles. The second-order valence-electron chi connectivity index (χ2n) is 7.58. The first-order valence-corrected chi connectivity index (χ1v) is 8.20. The zero-order valence-electron chi connectivity index (χ0n) is 14.3. The summed E-state index contributed by atoms with van der Waals surface area (Å²) in [6.07, 6.45) is -0.237. The number of non-ortho nitro benzene ring substituents is 1. The number of nitro groups is 1. The van der Waals surface area contributed by atoms with E-state index in [4.69, 9.17) is 4.74 Å². The number of amides is 1. The van der Waals surface area contributed by atoms with E-state index in [1.807, 2.05) is 20.8 Å². The van der Waals surface area contributed by atoms with Gasteiger partial charge in [-0.25, -0.2) is 4.79 Å². The molecular formula is C17H23N3O4. The Morgan fingerprint density at radius 1 is 1.12 bits per heavy atom. The Morgan fingerprint density at radius 2 is 1.67 bits per heavy atom. The quantitative estimate of drug-likeness (QED) is 0.614. The average Bonchev–Trinajstić information content (AvgIpc) is 3.04. The summed E-state index contributed by atoms with van der Waals surface area (Å²) in [6.45, 7) is 8.77. The molecule has 2 saturated heterocycles. The molecule has 2 heterocycles. The van der Waals surface area contributed by atoms with Gasteiger partial charge in [0.1, 0.15) is 5.60 Å². The van der Waals surface area contributed by atoms with Gasteiger partial charge >= 0.3 is 6.09 Å². The molecule has 1 aromatic carbocycles. The molecule has 0 aromatic heterocycles. The third-order valence-corrected chi connectivity index (χ3v) is 4.56. The molecule has 0 bridgehead atoms. The van der Waals surface area contributed by atoms with E-state index in [0.717, 1.165) is 18.8 Å². The van der Waals surface area contributed by atoms with Crippen LogP contribution in [0.5, 0.6) is 0 Å². The fourth-order valence-corrected chi connectivity index (χ4v) is 3.46. The van der Waals surface area contributed by atoms with Crippen molar-refractivity contribution in [3.05, 3.63) is 34.4 Å². The number of fused-ring (bicyclic) bond motifs is 1. The highest BCUT2D eigenvalue weighted by molar-refractivity contribution is 5.68. The van der Waals surface area contributed by atoms with Gasteiger partial charge in [0.25, 0.3) is 5.69 Å². The molecule has 24 heavy (non-hydrogen) atoms. The fraction of sp³-hybridized carbons (Fsp3) is 0.588. The lowest BCUT2D eigenvalue weighted by Gasteiger charge is -2.26. The highest BCUT2D eigenvalue weighted by atomic mass is 16.6. The van der Waals surface area contributed by atoms with Gasteiger partial charge in [0, 0.05) is 55.8 Å². The summed E-state index contributed by atoms with van der Waals surface area (Å²) in [7, 11) is 0. The second-order valence-corrected chi connectivity index (χ2v) is 7.58. The van der Waals surface area contributed by atoms with Crippen molar-refractivity contribution in [3.8, 4) is 0 Å². The molecule has 2 aliphatic rings. The molecule has 2 aliphatic heterocycles. The van der Waals surface area contributed by atoms with Gasteiger partial charge in [0.05, 0.1) is 4.92 Å². The summed E-state index contributed by atoms with van der Waals surface area (Å²) in [5.41, 5.74) is 0.632. The molecule has 2 atom stereocenters. The molecule has 0 unspecified atom stereocenters. The summed E-state index contributed by atoms with van der Waals surface area (Å²) < 4.78 is 5.44. The predicted molar refractivity (Wildman–Crippen MR) is 90.1 cm³/mol. The Bertz CT molecular complexity index is 624. The minimum atomic E-state index is -0.473. The van der Waals surface area contributed by atoms with Crippen molar-refractivity contribution >= 4 is 17.5 Å². The normalized spacial score (nSPS) is 23.3. The number of anilines is 1. The highest BCUT2D eigenvalue weighted by Gasteiger charge is 2.42. The lowest BCUT2D eigenvalue weighted by Crippen LogP contribution is -2.37. The topological polar surface area (TPSA) is 75.9 Å². The number of rotatable bonds is 2. The fourth-order valence-electron chi connectivity index (χ4n) is 3.46. The molecule has 0 spiro atoms. The van der Waals surface area contributed by atoms with E-state index in [0.29, 0.717) is 24.9 Å². The largest absolute Gasteiger partial charge is 0.444 e. The van der Waals surface area contributed by atoms with Crippen molar-refractivity contribution in [1.29, 1.82) is 0 Å². The maximum absolute atomic E-state index is 12.2. The van der Waals surface area contributed by atoms with Crippen LogP contribution in [0.4, 0.5) is 16.2 Å². The van der Waals surface area contributed by atoms with E-state index in [1.54, 1.807) is 17.0 Å². The van der Waals surface area contributed by atoms with Gasteiger partial charge in [-0.1, -0.05) is 0 Å². The highest BCUT2D eigenvalue weighted by Crippen LogP contribution is 2.35. The lowest BCUT2D eigenvalue weighted by atomic mass is 10.0. The number of ether oxygens (including phenoxy) is 1. The first-order chi connectivity index (χ1) is 11.2. The summed E-state index contributed by atoms with van der Waals surface area (Å²) in [6, 6.07) is 6.67. The Morgan fingerprint density at radius 3 is 2.12 bits per heavy atom. The summed E-state index contributed by atoms with van der Waals surface area (Å²) in [5.74, 6) is 0.848. The van der Waals surface area contributed by atoms with Crippen LogP contribution in [-0.2, 0) is 4.74 Å². The SMILES string of the molecule is CC(C)(C)OC(=O)N1C[C@H]2CN(c3ccc([N+](=O)[O-])cc3)C[C@@H]2C1. The van der Waals surface area contributed by atoms with E-state index in [1.165, 1.54) is 12.1 Å². The van der Waals surface area contributed by atoms with Gasteiger partial charge in [-0.05, 0) is 32.9 Å². The van der Waals surface area contributed by atoms with E-state index in [9.17, 15) is 14.9 Å². The number of nitro benzene ring substituents is 1. The number of carbonyl (C=O) groups excluding carboxylic acids is 1. The van der Waals surface area contributed by atoms with Crippen LogP contribution in [0.1, 0.15) is 20.8 Å². The van der Waals surface area contributed by atoms with Gasteiger partial charge in [-0.2, -0.15) is 0 Å². The minimum Gasteiger partial charge on any atom is -0.444 e. The van der Waals surface area contributed by atoms with E-state index in [-0.39, 0.29) is 16.7 Å². The smallest absolute Gasteiger partial charge is 0.410 e. The number of benzene rings is 1. The third-order valence-electron chi connectivity index (χ3n) is 4.56. The molecule has 7 heteroatoms. The summed E-state index contributed by atoms with van der Waals surface area (Å²) in [4.78, 5) is 26.6. The maximum Gasteiger partial charge on any atom is 0.410 e. The third kappa shape index (κ3) is 3.44. The maximum atomic E-state index is 12.2. The van der Waals surface area contributed by atoms with E-state index in [2.05, 4.69) is 4.90 Å². The number of hydrogen-bond donors (Lipinski definition) is 0. The van der Waals surface area contributed by atoms with Crippen LogP contribution in [0.15, 0.2) is 24.3 Å². The number of carbonyl (C=O) groups is 1. The summed E-state index contributed by atoms with van der Waals surface area (Å²) >= 11 is 0. The van der Waals surface area contributed by atoms with Crippen LogP contribution in [0, 0.1) is 22.0 Å². The van der Waals surface area contributed by atoms with Crippen molar-refractivity contribution in [2.45, 2.75) is 26.4 Å². The van der Waals surface area contributed by atoms with Gasteiger partial charge in [-0.3, -0.25) is 10.1 Å². The second kappa shape index (κ2) is 5.96. The Hall–Kier alpha value is -2.31. The molecule has 2 fully saturated rings. The first-order valence-electron chi connectivity index (χ1n) is 8.20. The Kier molecular flexibility index (Phi) is 4.11. The van der Waals surface area contributed by atoms with Gasteiger partial charge in [0.2, 0.25) is 0 Å². The predicted octanol–water partition coefficient (Wildman–Crippen LogP) is 2.90. The number of likely N-dealkylation sites (tertiary alicyclic amines) is 1. The van der Waals surface area contributed by atoms with Gasteiger partial charge in [-0.15, -0.1) is 0 Å². The Balaban J connectivity index is 1.59.